The van der Waals surface area contributed by atoms with E-state index >= 15 is 0 Å². The SMILES string of the molecule is CCO/C(=C/C=C/C(c1ccc(C)cc1)=[N+]1CCOCC1)c1ccc(C)cc1. The first-order valence-electron chi connectivity index (χ1n) is 10.0. The number of benzene rings is 2. The van der Waals surface area contributed by atoms with E-state index in [1.54, 1.807) is 0 Å². The Balaban J connectivity index is 1.92. The molecule has 1 heterocycles. The highest BCUT2D eigenvalue weighted by Gasteiger charge is 2.18. The maximum absolute atomic E-state index is 5.88. The molecule has 1 aliphatic rings. The summed E-state index contributed by atoms with van der Waals surface area (Å²) in [6, 6.07) is 17.2. The fourth-order valence-electron chi connectivity index (χ4n) is 3.24. The minimum atomic E-state index is 0.644. The highest BCUT2D eigenvalue weighted by atomic mass is 16.5. The van der Waals surface area contributed by atoms with E-state index in [2.05, 4.69) is 85.2 Å². The molecule has 0 aromatic heterocycles. The zero-order valence-corrected chi connectivity index (χ0v) is 17.2. The maximum Gasteiger partial charge on any atom is 0.207 e. The van der Waals surface area contributed by atoms with Crippen molar-refractivity contribution in [2.24, 2.45) is 0 Å². The number of aryl methyl sites for hydroxylation is 2. The van der Waals surface area contributed by atoms with Crippen molar-refractivity contribution in [1.29, 1.82) is 0 Å². The van der Waals surface area contributed by atoms with Gasteiger partial charge in [-0.3, -0.25) is 0 Å². The minimum absolute atomic E-state index is 0.644. The van der Waals surface area contributed by atoms with Crippen molar-refractivity contribution < 1.29 is 14.0 Å². The van der Waals surface area contributed by atoms with Gasteiger partial charge in [0, 0.05) is 17.2 Å². The predicted octanol–water partition coefficient (Wildman–Crippen LogP) is 4.77. The van der Waals surface area contributed by atoms with Crippen LogP contribution in [0.2, 0.25) is 0 Å². The van der Waals surface area contributed by atoms with Crippen LogP contribution in [0.1, 0.15) is 29.2 Å². The Morgan fingerprint density at radius 1 is 0.929 bits per heavy atom. The van der Waals surface area contributed by atoms with E-state index in [1.807, 2.05) is 6.92 Å². The third kappa shape index (κ3) is 5.43. The quantitative estimate of drug-likeness (QED) is 0.411. The van der Waals surface area contributed by atoms with Gasteiger partial charge in [-0.05, 0) is 39.0 Å². The van der Waals surface area contributed by atoms with Gasteiger partial charge >= 0.3 is 0 Å². The van der Waals surface area contributed by atoms with Crippen LogP contribution in [0, 0.1) is 13.8 Å². The van der Waals surface area contributed by atoms with E-state index in [1.165, 1.54) is 22.4 Å². The minimum Gasteiger partial charge on any atom is -0.493 e. The Kier molecular flexibility index (Phi) is 7.21. The summed E-state index contributed by atoms with van der Waals surface area (Å²) in [6.07, 6.45) is 6.33. The average molecular weight is 377 g/mol. The third-order valence-electron chi connectivity index (χ3n) is 4.84. The number of hydrogen-bond donors (Lipinski definition) is 0. The van der Waals surface area contributed by atoms with Crippen LogP contribution < -0.4 is 0 Å². The summed E-state index contributed by atoms with van der Waals surface area (Å²) >= 11 is 0. The van der Waals surface area contributed by atoms with Gasteiger partial charge in [-0.2, -0.15) is 0 Å². The standard InChI is InChI=1S/C25H30NO2/c1-4-28-25(23-14-10-21(3)11-15-23)7-5-6-24(26-16-18-27-19-17-26)22-12-8-20(2)9-13-22/h5-15H,4,16-19H2,1-3H3/q+1/b6-5+,25-7+. The van der Waals surface area contributed by atoms with Gasteiger partial charge in [-0.1, -0.05) is 53.6 Å². The fraction of sp³-hybridized carbons (Fsp3) is 0.320. The second-order valence-corrected chi connectivity index (χ2v) is 7.04. The van der Waals surface area contributed by atoms with Crippen molar-refractivity contribution in [2.75, 3.05) is 32.9 Å². The van der Waals surface area contributed by atoms with Gasteiger partial charge in [-0.15, -0.1) is 0 Å². The van der Waals surface area contributed by atoms with Crippen LogP contribution in [0.5, 0.6) is 0 Å². The zero-order chi connectivity index (χ0) is 19.8. The van der Waals surface area contributed by atoms with Crippen LogP contribution >= 0.6 is 0 Å². The molecular weight excluding hydrogens is 346 g/mol. The lowest BCUT2D eigenvalue weighted by atomic mass is 10.1. The lowest BCUT2D eigenvalue weighted by Gasteiger charge is -2.14. The van der Waals surface area contributed by atoms with Gasteiger partial charge in [0.15, 0.2) is 13.1 Å². The van der Waals surface area contributed by atoms with Gasteiger partial charge in [-0.25, -0.2) is 4.58 Å². The first-order valence-corrected chi connectivity index (χ1v) is 10.0. The molecule has 0 saturated carbocycles. The smallest absolute Gasteiger partial charge is 0.207 e. The Hall–Kier alpha value is -2.65. The van der Waals surface area contributed by atoms with Crippen molar-refractivity contribution in [3.05, 3.63) is 89.0 Å². The number of allylic oxidation sites excluding steroid dienone is 3. The maximum atomic E-state index is 5.88. The zero-order valence-electron chi connectivity index (χ0n) is 17.2. The van der Waals surface area contributed by atoms with Crippen molar-refractivity contribution in [3.8, 4) is 0 Å². The number of rotatable bonds is 6. The second kappa shape index (κ2) is 10.0. The van der Waals surface area contributed by atoms with E-state index in [9.17, 15) is 0 Å². The molecule has 2 aromatic rings. The highest BCUT2D eigenvalue weighted by molar-refractivity contribution is 6.05. The molecular formula is C25H30NO2+. The molecule has 1 aliphatic heterocycles. The molecule has 146 valence electrons. The summed E-state index contributed by atoms with van der Waals surface area (Å²) in [5, 5.41) is 0. The molecule has 3 heteroatoms. The lowest BCUT2D eigenvalue weighted by Crippen LogP contribution is -2.33. The van der Waals surface area contributed by atoms with Crippen LogP contribution in [-0.4, -0.2) is 43.2 Å². The van der Waals surface area contributed by atoms with E-state index in [0.717, 1.165) is 37.6 Å². The third-order valence-corrected chi connectivity index (χ3v) is 4.84. The molecule has 0 unspecified atom stereocenters. The topological polar surface area (TPSA) is 21.5 Å². The van der Waals surface area contributed by atoms with Crippen molar-refractivity contribution in [2.45, 2.75) is 20.8 Å². The van der Waals surface area contributed by atoms with Crippen LogP contribution in [0.3, 0.4) is 0 Å². The number of morpholine rings is 1. The summed E-state index contributed by atoms with van der Waals surface area (Å²) < 4.78 is 13.8. The van der Waals surface area contributed by atoms with Crippen LogP contribution in [0.25, 0.3) is 5.76 Å². The lowest BCUT2D eigenvalue weighted by molar-refractivity contribution is -0.548. The molecule has 0 bridgehead atoms. The second-order valence-electron chi connectivity index (χ2n) is 7.04. The van der Waals surface area contributed by atoms with E-state index in [-0.39, 0.29) is 0 Å². The number of hydrogen-bond acceptors (Lipinski definition) is 2. The number of ether oxygens (including phenoxy) is 2. The largest absolute Gasteiger partial charge is 0.493 e. The fourth-order valence-corrected chi connectivity index (χ4v) is 3.24. The van der Waals surface area contributed by atoms with Crippen molar-refractivity contribution in [1.82, 2.24) is 0 Å². The Morgan fingerprint density at radius 2 is 1.50 bits per heavy atom. The molecule has 3 rings (SSSR count). The highest BCUT2D eigenvalue weighted by Crippen LogP contribution is 2.17. The molecule has 3 nitrogen and oxygen atoms in total. The van der Waals surface area contributed by atoms with Gasteiger partial charge in [0.1, 0.15) is 19.0 Å². The monoisotopic (exact) mass is 376 g/mol. The van der Waals surface area contributed by atoms with Crippen molar-refractivity contribution >= 4 is 11.5 Å². The Morgan fingerprint density at radius 3 is 2.07 bits per heavy atom. The molecule has 0 atom stereocenters. The summed E-state index contributed by atoms with van der Waals surface area (Å²) in [4.78, 5) is 0. The normalized spacial score (nSPS) is 15.1. The average Bonchev–Trinajstić information content (AvgIpc) is 2.73. The summed E-state index contributed by atoms with van der Waals surface area (Å²) in [5.74, 6) is 0.893. The summed E-state index contributed by atoms with van der Waals surface area (Å²) in [6.45, 7) is 10.2. The number of nitrogens with zero attached hydrogens (tertiary/aromatic N) is 1. The summed E-state index contributed by atoms with van der Waals surface area (Å²) in [7, 11) is 0. The predicted molar refractivity (Wildman–Crippen MR) is 116 cm³/mol. The summed E-state index contributed by atoms with van der Waals surface area (Å²) in [5.41, 5.74) is 6.06. The van der Waals surface area contributed by atoms with Crippen molar-refractivity contribution in [3.63, 3.8) is 0 Å². The van der Waals surface area contributed by atoms with E-state index < -0.39 is 0 Å². The Bertz CT molecular complexity index is 850. The first-order chi connectivity index (χ1) is 13.7. The molecule has 2 aromatic carbocycles. The van der Waals surface area contributed by atoms with Gasteiger partial charge < -0.3 is 9.47 Å². The van der Waals surface area contributed by atoms with Gasteiger partial charge in [0.05, 0.1) is 6.61 Å². The van der Waals surface area contributed by atoms with Gasteiger partial charge in [0.2, 0.25) is 5.71 Å². The molecule has 0 N–H and O–H groups in total. The van der Waals surface area contributed by atoms with Crippen LogP contribution in [0.15, 0.2) is 66.8 Å². The molecule has 0 aliphatic carbocycles. The van der Waals surface area contributed by atoms with E-state index in [4.69, 9.17) is 9.47 Å². The Labute approximate surface area is 168 Å². The molecule has 1 saturated heterocycles. The van der Waals surface area contributed by atoms with Crippen LogP contribution in [0.4, 0.5) is 0 Å². The van der Waals surface area contributed by atoms with E-state index in [0.29, 0.717) is 6.61 Å². The molecule has 0 amide bonds. The van der Waals surface area contributed by atoms with Crippen LogP contribution in [-0.2, 0) is 9.47 Å². The van der Waals surface area contributed by atoms with Gasteiger partial charge in [0.25, 0.3) is 0 Å². The molecule has 28 heavy (non-hydrogen) atoms. The first kappa shape index (κ1) is 20.1. The molecule has 0 spiro atoms. The molecule has 0 radical (unpaired) electrons. The molecule has 1 fully saturated rings.